The molecule has 0 aromatic heterocycles. The Morgan fingerprint density at radius 1 is 1.00 bits per heavy atom. The molecule has 0 heterocycles. The van der Waals surface area contributed by atoms with Crippen molar-refractivity contribution in [3.05, 3.63) is 52.5 Å². The number of thiocarbonyl (C=S) groups is 1. The molecule has 6 heteroatoms. The lowest BCUT2D eigenvalue weighted by Gasteiger charge is -2.12. The van der Waals surface area contributed by atoms with Gasteiger partial charge in [0.15, 0.2) is 5.11 Å². The zero-order valence-electron chi connectivity index (χ0n) is 9.78. The molecule has 0 saturated carbocycles. The summed E-state index contributed by atoms with van der Waals surface area (Å²) in [5.41, 5.74) is 7.80. The van der Waals surface area contributed by atoms with Gasteiger partial charge in [-0.3, -0.25) is 0 Å². The molecule has 2 aromatic rings. The Balaban J connectivity index is 2.05. The molecule has 0 atom stereocenters. The highest BCUT2D eigenvalue weighted by molar-refractivity contribution is 7.80. The highest BCUT2D eigenvalue weighted by Gasteiger charge is 2.05. The molecule has 0 fully saturated rings. The molecule has 0 aliphatic carbocycles. The fourth-order valence-corrected chi connectivity index (χ4v) is 2.03. The number of nitrogens with two attached hydrogens (primary N) is 1. The van der Waals surface area contributed by atoms with Gasteiger partial charge in [-0.1, -0.05) is 29.3 Å². The summed E-state index contributed by atoms with van der Waals surface area (Å²) in [5.74, 6) is 0. The Kier molecular flexibility index (Phi) is 4.47. The molecule has 4 N–H and O–H groups in total. The Labute approximate surface area is 126 Å². The summed E-state index contributed by atoms with van der Waals surface area (Å²) < 4.78 is 0. The van der Waals surface area contributed by atoms with Crippen LogP contribution in [0.15, 0.2) is 42.5 Å². The average Bonchev–Trinajstić information content (AvgIpc) is 2.38. The molecule has 0 aliphatic heterocycles. The second-order valence-corrected chi connectivity index (χ2v) is 5.00. The van der Waals surface area contributed by atoms with Crippen LogP contribution in [0.2, 0.25) is 10.0 Å². The summed E-state index contributed by atoms with van der Waals surface area (Å²) in [6.07, 6.45) is 0. The number of rotatable bonds is 2. The van der Waals surface area contributed by atoms with Gasteiger partial charge in [0.1, 0.15) is 0 Å². The molecule has 0 aliphatic rings. The van der Waals surface area contributed by atoms with Crippen LogP contribution in [0.5, 0.6) is 0 Å². The predicted octanol–water partition coefficient (Wildman–Crippen LogP) is 4.38. The van der Waals surface area contributed by atoms with E-state index in [1.54, 1.807) is 30.3 Å². The van der Waals surface area contributed by atoms with E-state index in [4.69, 9.17) is 41.2 Å². The van der Waals surface area contributed by atoms with Gasteiger partial charge in [0.25, 0.3) is 0 Å². The fraction of sp³-hybridized carbons (Fsp3) is 0. The van der Waals surface area contributed by atoms with Crippen LogP contribution in [0.3, 0.4) is 0 Å². The predicted molar refractivity (Wildman–Crippen MR) is 87.2 cm³/mol. The average molecular weight is 312 g/mol. The van der Waals surface area contributed by atoms with Crippen molar-refractivity contribution in [3.63, 3.8) is 0 Å². The van der Waals surface area contributed by atoms with Crippen molar-refractivity contribution < 1.29 is 0 Å². The maximum atomic E-state index is 6.06. The Morgan fingerprint density at radius 2 is 1.68 bits per heavy atom. The normalized spacial score (nSPS) is 10.0. The van der Waals surface area contributed by atoms with Crippen LogP contribution < -0.4 is 16.4 Å². The molecule has 0 saturated heterocycles. The highest BCUT2D eigenvalue weighted by atomic mass is 35.5. The first kappa shape index (κ1) is 13.9. The molecule has 3 nitrogen and oxygen atoms in total. The van der Waals surface area contributed by atoms with Gasteiger partial charge in [-0.2, -0.15) is 0 Å². The summed E-state index contributed by atoms with van der Waals surface area (Å²) in [6.45, 7) is 0. The van der Waals surface area contributed by atoms with E-state index in [9.17, 15) is 0 Å². The number of benzene rings is 2. The third kappa shape index (κ3) is 3.73. The molecular weight excluding hydrogens is 301 g/mol. The monoisotopic (exact) mass is 311 g/mol. The van der Waals surface area contributed by atoms with E-state index in [-0.39, 0.29) is 0 Å². The first-order valence-electron chi connectivity index (χ1n) is 5.44. The molecule has 0 spiro atoms. The maximum absolute atomic E-state index is 6.06. The number of halogens is 2. The summed E-state index contributed by atoms with van der Waals surface area (Å²) in [5, 5.41) is 7.35. The van der Waals surface area contributed by atoms with Crippen molar-refractivity contribution >= 4 is 57.6 Å². The number of hydrogen-bond acceptors (Lipinski definition) is 2. The summed E-state index contributed by atoms with van der Waals surface area (Å²) >= 11 is 17.2. The van der Waals surface area contributed by atoms with Gasteiger partial charge in [-0.05, 0) is 48.6 Å². The standard InChI is InChI=1S/C13H11Cl2N3S/c14-10-2-1-3-11(12(10)15)18-13(19)17-9-6-4-8(16)5-7-9/h1-7H,16H2,(H2,17,18,19). The van der Waals surface area contributed by atoms with Crippen molar-refractivity contribution in [2.45, 2.75) is 0 Å². The van der Waals surface area contributed by atoms with Crippen LogP contribution in [0.1, 0.15) is 0 Å². The first-order valence-corrected chi connectivity index (χ1v) is 6.60. The van der Waals surface area contributed by atoms with Gasteiger partial charge in [0, 0.05) is 11.4 Å². The molecule has 98 valence electrons. The van der Waals surface area contributed by atoms with Crippen molar-refractivity contribution in [3.8, 4) is 0 Å². The van der Waals surface area contributed by atoms with Crippen LogP contribution in [0.4, 0.5) is 17.1 Å². The minimum atomic E-state index is 0.425. The van der Waals surface area contributed by atoms with Gasteiger partial charge in [0.2, 0.25) is 0 Å². The number of nitrogen functional groups attached to an aromatic ring is 1. The van der Waals surface area contributed by atoms with Crippen LogP contribution >= 0.6 is 35.4 Å². The maximum Gasteiger partial charge on any atom is 0.175 e. The lowest BCUT2D eigenvalue weighted by atomic mass is 10.3. The lowest BCUT2D eigenvalue weighted by Crippen LogP contribution is -2.19. The van der Waals surface area contributed by atoms with Crippen LogP contribution in [0.25, 0.3) is 0 Å². The van der Waals surface area contributed by atoms with E-state index in [0.29, 0.717) is 26.5 Å². The van der Waals surface area contributed by atoms with E-state index < -0.39 is 0 Å². The van der Waals surface area contributed by atoms with Crippen molar-refractivity contribution in [2.24, 2.45) is 0 Å². The third-order valence-electron chi connectivity index (χ3n) is 2.37. The largest absolute Gasteiger partial charge is 0.399 e. The zero-order valence-corrected chi connectivity index (χ0v) is 12.1. The summed E-state index contributed by atoms with van der Waals surface area (Å²) in [6, 6.07) is 12.6. The van der Waals surface area contributed by atoms with E-state index in [1.165, 1.54) is 0 Å². The minimum absolute atomic E-state index is 0.425. The van der Waals surface area contributed by atoms with Crippen molar-refractivity contribution in [1.29, 1.82) is 0 Å². The van der Waals surface area contributed by atoms with Gasteiger partial charge >= 0.3 is 0 Å². The van der Waals surface area contributed by atoms with E-state index in [0.717, 1.165) is 5.69 Å². The number of hydrogen-bond donors (Lipinski definition) is 3. The Bertz CT molecular complexity index is 599. The third-order valence-corrected chi connectivity index (χ3v) is 3.39. The van der Waals surface area contributed by atoms with E-state index in [1.807, 2.05) is 12.1 Å². The zero-order chi connectivity index (χ0) is 13.8. The first-order chi connectivity index (χ1) is 9.06. The summed E-state index contributed by atoms with van der Waals surface area (Å²) in [4.78, 5) is 0. The van der Waals surface area contributed by atoms with Crippen molar-refractivity contribution in [2.75, 3.05) is 16.4 Å². The topological polar surface area (TPSA) is 50.1 Å². The Morgan fingerprint density at radius 3 is 2.37 bits per heavy atom. The Hall–Kier alpha value is -1.49. The van der Waals surface area contributed by atoms with Crippen LogP contribution in [-0.4, -0.2) is 5.11 Å². The molecule has 0 bridgehead atoms. The molecule has 0 amide bonds. The van der Waals surface area contributed by atoms with Crippen LogP contribution in [0, 0.1) is 0 Å². The van der Waals surface area contributed by atoms with Crippen LogP contribution in [-0.2, 0) is 0 Å². The fourth-order valence-electron chi connectivity index (χ4n) is 1.45. The van der Waals surface area contributed by atoms with Gasteiger partial charge in [-0.15, -0.1) is 0 Å². The van der Waals surface area contributed by atoms with Gasteiger partial charge in [0.05, 0.1) is 15.7 Å². The summed E-state index contributed by atoms with van der Waals surface area (Å²) in [7, 11) is 0. The number of nitrogens with one attached hydrogen (secondary N) is 2. The van der Waals surface area contributed by atoms with Crippen molar-refractivity contribution in [1.82, 2.24) is 0 Å². The highest BCUT2D eigenvalue weighted by Crippen LogP contribution is 2.29. The molecule has 0 radical (unpaired) electrons. The molecule has 19 heavy (non-hydrogen) atoms. The van der Waals surface area contributed by atoms with E-state index >= 15 is 0 Å². The molecule has 0 unspecified atom stereocenters. The second-order valence-electron chi connectivity index (χ2n) is 3.80. The SMILES string of the molecule is Nc1ccc(NC(=S)Nc2cccc(Cl)c2Cl)cc1. The van der Waals surface area contributed by atoms with E-state index in [2.05, 4.69) is 10.6 Å². The smallest absolute Gasteiger partial charge is 0.175 e. The molecule has 2 rings (SSSR count). The second kappa shape index (κ2) is 6.10. The van der Waals surface area contributed by atoms with Gasteiger partial charge in [-0.25, -0.2) is 0 Å². The molecule has 2 aromatic carbocycles. The minimum Gasteiger partial charge on any atom is -0.399 e. The quantitative estimate of drug-likeness (QED) is 0.569. The van der Waals surface area contributed by atoms with Gasteiger partial charge < -0.3 is 16.4 Å². The molecular formula is C13H11Cl2N3S. The number of anilines is 3. The lowest BCUT2D eigenvalue weighted by molar-refractivity contribution is 1.59.